The largest absolute Gasteiger partial charge is 0.313 e. The van der Waals surface area contributed by atoms with Crippen LogP contribution < -0.4 is 5.06 Å². The Morgan fingerprint density at radius 2 is 1.23 bits per heavy atom. The first-order chi connectivity index (χ1) is 14.9. The van der Waals surface area contributed by atoms with Crippen molar-refractivity contribution < 1.29 is 9.57 Å². The Kier molecular flexibility index (Phi) is 3.98. The van der Waals surface area contributed by atoms with E-state index in [2.05, 4.69) is 72.8 Å². The van der Waals surface area contributed by atoms with Gasteiger partial charge in [-0.2, -0.15) is 0 Å². The zero-order chi connectivity index (χ0) is 20.0. The van der Waals surface area contributed by atoms with E-state index in [0.717, 1.165) is 16.8 Å². The van der Waals surface area contributed by atoms with Gasteiger partial charge >= 0.3 is 0 Å². The number of anilines is 1. The fraction of sp³-hybridized carbons (Fsp3) is 0.111. The minimum absolute atomic E-state index is 0.0296. The van der Waals surface area contributed by atoms with E-state index < -0.39 is 5.79 Å². The lowest BCUT2D eigenvalue weighted by Crippen LogP contribution is -2.39. The van der Waals surface area contributed by atoms with Crippen molar-refractivity contribution in [1.29, 1.82) is 0 Å². The molecule has 3 unspecified atom stereocenters. The molecule has 6 rings (SSSR count). The molecule has 4 aromatic carbocycles. The molecule has 1 saturated heterocycles. The number of benzene rings is 4. The van der Waals surface area contributed by atoms with Gasteiger partial charge in [0, 0.05) is 11.1 Å². The smallest absolute Gasteiger partial charge is 0.248 e. The first-order valence-corrected chi connectivity index (χ1v) is 10.3. The number of fused-ring (bicyclic) bond motifs is 4. The minimum atomic E-state index is -0.969. The number of ether oxygens (including phenoxy) is 1. The molecule has 3 nitrogen and oxygen atoms in total. The lowest BCUT2D eigenvalue weighted by atomic mass is 9.80. The van der Waals surface area contributed by atoms with Crippen LogP contribution in [0, 0.1) is 0 Å². The van der Waals surface area contributed by atoms with Crippen molar-refractivity contribution in [3.63, 3.8) is 0 Å². The van der Waals surface area contributed by atoms with E-state index >= 15 is 0 Å². The summed E-state index contributed by atoms with van der Waals surface area (Å²) in [7, 11) is 0. The van der Waals surface area contributed by atoms with Crippen molar-refractivity contribution in [3.05, 3.63) is 138 Å². The summed E-state index contributed by atoms with van der Waals surface area (Å²) in [6, 6.07) is 39.5. The van der Waals surface area contributed by atoms with Gasteiger partial charge in [0.15, 0.2) is 6.23 Å². The van der Waals surface area contributed by atoms with Crippen molar-refractivity contribution in [1.82, 2.24) is 0 Å². The standard InChI is InChI=1S/C27H21NO2/c1-4-12-20(13-5-1)25-23-18-10-11-19-24(23)27(21-14-6-2-7-15-21)29-26(25)28(30-27)22-16-8-3-9-17-22/h1-19,25-26H. The molecule has 0 saturated carbocycles. The van der Waals surface area contributed by atoms with E-state index in [1.807, 2.05) is 47.5 Å². The van der Waals surface area contributed by atoms with Gasteiger partial charge in [-0.15, -0.1) is 0 Å². The molecule has 0 amide bonds. The number of hydroxylamine groups is 1. The number of hydrogen-bond donors (Lipinski definition) is 0. The van der Waals surface area contributed by atoms with Gasteiger partial charge in [-0.05, 0) is 23.3 Å². The Morgan fingerprint density at radius 1 is 0.633 bits per heavy atom. The Labute approximate surface area is 176 Å². The van der Waals surface area contributed by atoms with E-state index in [1.165, 1.54) is 11.1 Å². The molecule has 0 aliphatic carbocycles. The summed E-state index contributed by atoms with van der Waals surface area (Å²) in [4.78, 5) is 6.73. The maximum Gasteiger partial charge on any atom is 0.248 e. The molecule has 0 spiro atoms. The molecule has 4 aromatic rings. The van der Waals surface area contributed by atoms with Crippen molar-refractivity contribution >= 4 is 5.69 Å². The molecule has 3 heteroatoms. The first kappa shape index (κ1) is 17.5. The van der Waals surface area contributed by atoms with Gasteiger partial charge in [0.1, 0.15) is 0 Å². The molecule has 2 aliphatic heterocycles. The SMILES string of the molecule is c1ccc(C2c3ccccc3C3(c4ccccc4)OC2N(c2ccccc2)O3)cc1. The second kappa shape index (κ2) is 6.84. The van der Waals surface area contributed by atoms with Gasteiger partial charge in [-0.1, -0.05) is 103 Å². The molecule has 3 atom stereocenters. The molecular weight excluding hydrogens is 370 g/mol. The van der Waals surface area contributed by atoms with E-state index in [0.29, 0.717) is 0 Å². The average molecular weight is 391 g/mol. The third-order valence-corrected chi connectivity index (χ3v) is 6.00. The van der Waals surface area contributed by atoms with Crippen LogP contribution in [0.4, 0.5) is 5.69 Å². The van der Waals surface area contributed by atoms with Crippen molar-refractivity contribution in [3.8, 4) is 0 Å². The number of rotatable bonds is 3. The molecular formula is C27H21NO2. The topological polar surface area (TPSA) is 21.7 Å². The molecule has 0 aromatic heterocycles. The highest BCUT2D eigenvalue weighted by atomic mass is 16.9. The third kappa shape index (κ3) is 2.53. The van der Waals surface area contributed by atoms with Crippen LogP contribution in [0.15, 0.2) is 115 Å². The van der Waals surface area contributed by atoms with Gasteiger partial charge < -0.3 is 4.74 Å². The second-order valence-corrected chi connectivity index (χ2v) is 7.72. The molecule has 0 radical (unpaired) electrons. The molecule has 2 heterocycles. The van der Waals surface area contributed by atoms with Crippen molar-refractivity contribution in [2.75, 3.05) is 5.06 Å². The van der Waals surface area contributed by atoms with Gasteiger partial charge in [0.05, 0.1) is 11.6 Å². The third-order valence-electron chi connectivity index (χ3n) is 6.00. The zero-order valence-corrected chi connectivity index (χ0v) is 16.4. The number of nitrogens with zero attached hydrogens (tertiary/aromatic N) is 1. The highest BCUT2D eigenvalue weighted by Crippen LogP contribution is 2.55. The average Bonchev–Trinajstić information content (AvgIpc) is 3.18. The Bertz CT molecular complexity index is 1160. The van der Waals surface area contributed by atoms with Crippen LogP contribution in [0.1, 0.15) is 28.2 Å². The van der Waals surface area contributed by atoms with Crippen LogP contribution in [-0.2, 0) is 15.4 Å². The van der Waals surface area contributed by atoms with Crippen LogP contribution in [0.5, 0.6) is 0 Å². The lowest BCUT2D eigenvalue weighted by molar-refractivity contribution is -0.154. The molecule has 146 valence electrons. The summed E-state index contributed by atoms with van der Waals surface area (Å²) in [5, 5.41) is 1.95. The van der Waals surface area contributed by atoms with Crippen LogP contribution >= 0.6 is 0 Å². The zero-order valence-electron chi connectivity index (χ0n) is 16.4. The van der Waals surface area contributed by atoms with E-state index in [1.54, 1.807) is 0 Å². The Balaban J connectivity index is 1.61. The summed E-state index contributed by atoms with van der Waals surface area (Å²) in [5.41, 5.74) is 5.48. The molecule has 1 fully saturated rings. The van der Waals surface area contributed by atoms with E-state index in [-0.39, 0.29) is 12.1 Å². The fourth-order valence-corrected chi connectivity index (χ4v) is 4.68. The highest BCUT2D eigenvalue weighted by Gasteiger charge is 2.58. The van der Waals surface area contributed by atoms with Crippen LogP contribution in [-0.4, -0.2) is 6.23 Å². The maximum absolute atomic E-state index is 6.84. The first-order valence-electron chi connectivity index (χ1n) is 10.3. The van der Waals surface area contributed by atoms with Gasteiger partial charge in [0.2, 0.25) is 5.79 Å². The summed E-state index contributed by atoms with van der Waals surface area (Å²) in [6.45, 7) is 0. The molecule has 30 heavy (non-hydrogen) atoms. The quantitative estimate of drug-likeness (QED) is 0.439. The van der Waals surface area contributed by atoms with Crippen LogP contribution in [0.25, 0.3) is 0 Å². The maximum atomic E-state index is 6.84. The van der Waals surface area contributed by atoms with Crippen molar-refractivity contribution in [2.24, 2.45) is 0 Å². The van der Waals surface area contributed by atoms with Gasteiger partial charge in [0.25, 0.3) is 0 Å². The number of para-hydroxylation sites is 1. The second-order valence-electron chi connectivity index (χ2n) is 7.72. The van der Waals surface area contributed by atoms with E-state index in [4.69, 9.17) is 9.57 Å². The van der Waals surface area contributed by atoms with Gasteiger partial charge in [-0.3, -0.25) is 0 Å². The summed E-state index contributed by atoms with van der Waals surface area (Å²) < 4.78 is 6.84. The predicted molar refractivity (Wildman–Crippen MR) is 117 cm³/mol. The monoisotopic (exact) mass is 391 g/mol. The lowest BCUT2D eigenvalue weighted by Gasteiger charge is -2.36. The molecule has 2 bridgehead atoms. The highest BCUT2D eigenvalue weighted by molar-refractivity contribution is 5.54. The van der Waals surface area contributed by atoms with Gasteiger partial charge in [-0.25, -0.2) is 9.90 Å². The Hall–Kier alpha value is -3.40. The van der Waals surface area contributed by atoms with Crippen LogP contribution in [0.3, 0.4) is 0 Å². The number of hydrogen-bond acceptors (Lipinski definition) is 3. The summed E-state index contributed by atoms with van der Waals surface area (Å²) in [5.74, 6) is -0.939. The van der Waals surface area contributed by atoms with Crippen molar-refractivity contribution in [2.45, 2.75) is 17.9 Å². The predicted octanol–water partition coefficient (Wildman–Crippen LogP) is 5.83. The minimum Gasteiger partial charge on any atom is -0.313 e. The van der Waals surface area contributed by atoms with E-state index in [9.17, 15) is 0 Å². The normalized spacial score (nSPS) is 24.5. The molecule has 0 N–H and O–H groups in total. The Morgan fingerprint density at radius 3 is 1.97 bits per heavy atom. The fourth-order valence-electron chi connectivity index (χ4n) is 4.68. The van der Waals surface area contributed by atoms with Crippen LogP contribution in [0.2, 0.25) is 0 Å². The molecule has 2 aliphatic rings. The summed E-state index contributed by atoms with van der Waals surface area (Å²) >= 11 is 0. The summed E-state index contributed by atoms with van der Waals surface area (Å²) in [6.07, 6.45) is -0.287.